The first-order valence-electron chi connectivity index (χ1n) is 3.22. The van der Waals surface area contributed by atoms with Gasteiger partial charge in [-0.3, -0.25) is 5.10 Å². The number of benzene rings is 1. The van der Waals surface area contributed by atoms with Gasteiger partial charge in [0.25, 0.3) is 0 Å². The maximum absolute atomic E-state index is 5.85. The van der Waals surface area contributed by atoms with E-state index < -0.39 is 0 Å². The normalized spacial score (nSPS) is 10.8. The molecule has 2 nitrogen and oxygen atoms in total. The number of hydrogen-bond donors (Lipinski definition) is 1. The second-order valence-electron chi connectivity index (χ2n) is 2.32. The van der Waals surface area contributed by atoms with E-state index in [0.717, 1.165) is 26.8 Å². The second-order valence-corrected chi connectivity index (χ2v) is 3.81. The molecule has 1 heterocycles. The van der Waals surface area contributed by atoms with E-state index in [4.69, 9.17) is 22.3 Å². The van der Waals surface area contributed by atoms with Gasteiger partial charge >= 0.3 is 0 Å². The summed E-state index contributed by atoms with van der Waals surface area (Å²) in [6.45, 7) is 0. The number of hydrogen-bond acceptors (Lipinski definition) is 2. The fourth-order valence-corrected chi connectivity index (χ4v) is 2.12. The van der Waals surface area contributed by atoms with Gasteiger partial charge in [0, 0.05) is 10.4 Å². The molecule has 0 amide bonds. The average molecular weight is 219 g/mol. The summed E-state index contributed by atoms with van der Waals surface area (Å²) in [7, 11) is 6.78. The van der Waals surface area contributed by atoms with Crippen molar-refractivity contribution in [3.8, 4) is 0 Å². The van der Waals surface area contributed by atoms with E-state index in [2.05, 4.69) is 10.2 Å². The second kappa shape index (κ2) is 3.17. The summed E-state index contributed by atoms with van der Waals surface area (Å²) in [5.41, 5.74) is 0.930. The van der Waals surface area contributed by atoms with Crippen LogP contribution in [0, 0.1) is 0 Å². The zero-order valence-corrected chi connectivity index (χ0v) is 8.17. The molecule has 62 valence electrons. The molecule has 12 heavy (non-hydrogen) atoms. The maximum Gasteiger partial charge on any atom is 0.0799 e. The quantitative estimate of drug-likeness (QED) is 0.795. The SMILES string of the molecule is ClSc1cc(Cl)cc2cn[nH]c12. The highest BCUT2D eigenvalue weighted by atomic mass is 35.7. The summed E-state index contributed by atoms with van der Waals surface area (Å²) < 4.78 is 0. The number of aromatic nitrogens is 2. The lowest BCUT2D eigenvalue weighted by molar-refractivity contribution is 1.11. The van der Waals surface area contributed by atoms with Crippen molar-refractivity contribution in [1.29, 1.82) is 0 Å². The number of nitrogens with zero attached hydrogens (tertiary/aromatic N) is 1. The van der Waals surface area contributed by atoms with Gasteiger partial charge in [-0.05, 0) is 33.8 Å². The minimum atomic E-state index is 0.673. The van der Waals surface area contributed by atoms with E-state index in [-0.39, 0.29) is 0 Å². The first-order chi connectivity index (χ1) is 5.81. The van der Waals surface area contributed by atoms with Crippen molar-refractivity contribution in [3.05, 3.63) is 23.4 Å². The van der Waals surface area contributed by atoms with E-state index in [1.54, 1.807) is 12.3 Å². The molecular weight excluding hydrogens is 215 g/mol. The van der Waals surface area contributed by atoms with Gasteiger partial charge in [-0.1, -0.05) is 11.6 Å². The third-order valence-electron chi connectivity index (χ3n) is 1.56. The van der Waals surface area contributed by atoms with Crippen molar-refractivity contribution < 1.29 is 0 Å². The molecule has 0 radical (unpaired) electrons. The van der Waals surface area contributed by atoms with Gasteiger partial charge in [0.2, 0.25) is 0 Å². The minimum absolute atomic E-state index is 0.673. The molecule has 2 rings (SSSR count). The van der Waals surface area contributed by atoms with Crippen LogP contribution in [0.3, 0.4) is 0 Å². The molecule has 0 unspecified atom stereocenters. The number of nitrogens with one attached hydrogen (secondary N) is 1. The van der Waals surface area contributed by atoms with Gasteiger partial charge < -0.3 is 0 Å². The highest BCUT2D eigenvalue weighted by Crippen LogP contribution is 2.31. The van der Waals surface area contributed by atoms with E-state index >= 15 is 0 Å². The van der Waals surface area contributed by atoms with Crippen molar-refractivity contribution in [2.24, 2.45) is 0 Å². The Morgan fingerprint density at radius 1 is 1.42 bits per heavy atom. The van der Waals surface area contributed by atoms with Crippen LogP contribution in [0.5, 0.6) is 0 Å². The Labute approximate surface area is 82.7 Å². The van der Waals surface area contributed by atoms with Gasteiger partial charge in [0.15, 0.2) is 0 Å². The summed E-state index contributed by atoms with van der Waals surface area (Å²) in [5.74, 6) is 0. The van der Waals surface area contributed by atoms with Crippen LogP contribution in [-0.2, 0) is 0 Å². The summed E-state index contributed by atoms with van der Waals surface area (Å²) in [6, 6.07) is 3.65. The van der Waals surface area contributed by atoms with Gasteiger partial charge in [0.05, 0.1) is 16.6 Å². The van der Waals surface area contributed by atoms with Crippen LogP contribution >= 0.6 is 33.3 Å². The number of aromatic amines is 1. The van der Waals surface area contributed by atoms with Gasteiger partial charge in [-0.25, -0.2) is 0 Å². The molecule has 0 atom stereocenters. The maximum atomic E-state index is 5.85. The lowest BCUT2D eigenvalue weighted by Gasteiger charge is -1.96. The zero-order valence-electron chi connectivity index (χ0n) is 5.84. The molecule has 0 spiro atoms. The highest BCUT2D eigenvalue weighted by Gasteiger charge is 2.04. The van der Waals surface area contributed by atoms with Crippen LogP contribution in [0.1, 0.15) is 0 Å². The molecule has 0 bridgehead atoms. The van der Waals surface area contributed by atoms with Crippen LogP contribution in [-0.4, -0.2) is 10.2 Å². The molecule has 0 fully saturated rings. The van der Waals surface area contributed by atoms with E-state index in [0.29, 0.717) is 5.02 Å². The largest absolute Gasteiger partial charge is 0.277 e. The van der Waals surface area contributed by atoms with E-state index in [1.165, 1.54) is 0 Å². The Morgan fingerprint density at radius 2 is 2.25 bits per heavy atom. The Hall–Kier alpha value is -0.380. The Morgan fingerprint density at radius 3 is 3.00 bits per heavy atom. The van der Waals surface area contributed by atoms with Crippen LogP contribution in [0.4, 0.5) is 0 Å². The molecule has 2 aromatic rings. The van der Waals surface area contributed by atoms with Crippen LogP contribution in [0.25, 0.3) is 10.9 Å². The van der Waals surface area contributed by atoms with Gasteiger partial charge in [0.1, 0.15) is 0 Å². The van der Waals surface area contributed by atoms with Crippen molar-refractivity contribution in [1.82, 2.24) is 10.2 Å². The first kappa shape index (κ1) is 8.23. The number of halogens is 2. The predicted molar refractivity (Wildman–Crippen MR) is 52.8 cm³/mol. The molecule has 1 aromatic heterocycles. The van der Waals surface area contributed by atoms with Crippen LogP contribution in [0.15, 0.2) is 23.2 Å². The molecular formula is C7H4Cl2N2S. The number of H-pyrrole nitrogens is 1. The zero-order chi connectivity index (χ0) is 8.55. The molecule has 1 N–H and O–H groups in total. The standard InChI is InChI=1S/C7H4Cl2N2S/c8-5-1-4-3-10-11-7(4)6(2-5)12-9/h1-3H,(H,10,11). The van der Waals surface area contributed by atoms with Crippen LogP contribution in [0.2, 0.25) is 5.02 Å². The Kier molecular flexibility index (Phi) is 2.17. The topological polar surface area (TPSA) is 28.7 Å². The summed E-state index contributed by atoms with van der Waals surface area (Å²) in [5, 5.41) is 8.40. The Balaban J connectivity index is 2.80. The molecule has 0 saturated heterocycles. The summed E-state index contributed by atoms with van der Waals surface area (Å²) in [4.78, 5) is 0.900. The molecule has 0 aliphatic heterocycles. The van der Waals surface area contributed by atoms with E-state index in [9.17, 15) is 0 Å². The van der Waals surface area contributed by atoms with Crippen molar-refractivity contribution in [3.63, 3.8) is 0 Å². The first-order valence-corrected chi connectivity index (χ1v) is 5.24. The minimum Gasteiger partial charge on any atom is -0.277 e. The van der Waals surface area contributed by atoms with Crippen molar-refractivity contribution >= 4 is 44.2 Å². The van der Waals surface area contributed by atoms with Crippen molar-refractivity contribution in [2.45, 2.75) is 4.90 Å². The van der Waals surface area contributed by atoms with Crippen molar-refractivity contribution in [2.75, 3.05) is 0 Å². The number of rotatable bonds is 1. The molecule has 5 heteroatoms. The lowest BCUT2D eigenvalue weighted by atomic mass is 10.3. The molecule has 0 aliphatic rings. The monoisotopic (exact) mass is 218 g/mol. The summed E-state index contributed by atoms with van der Waals surface area (Å²) in [6.07, 6.45) is 1.72. The van der Waals surface area contributed by atoms with Gasteiger partial charge in [-0.15, -0.1) is 0 Å². The fourth-order valence-electron chi connectivity index (χ4n) is 1.05. The summed E-state index contributed by atoms with van der Waals surface area (Å²) >= 11 is 5.85. The molecule has 0 saturated carbocycles. The fraction of sp³-hybridized carbons (Fsp3) is 0. The molecule has 1 aromatic carbocycles. The average Bonchev–Trinajstić information content (AvgIpc) is 2.50. The lowest BCUT2D eigenvalue weighted by Crippen LogP contribution is -1.73. The smallest absolute Gasteiger partial charge is 0.0799 e. The third kappa shape index (κ3) is 1.28. The third-order valence-corrected chi connectivity index (χ3v) is 2.77. The van der Waals surface area contributed by atoms with Gasteiger partial charge in [-0.2, -0.15) is 5.10 Å². The highest BCUT2D eigenvalue weighted by molar-refractivity contribution is 8.21. The Bertz CT molecular complexity index is 413. The van der Waals surface area contributed by atoms with Crippen LogP contribution < -0.4 is 0 Å². The number of fused-ring (bicyclic) bond motifs is 1. The van der Waals surface area contributed by atoms with E-state index in [1.807, 2.05) is 6.07 Å². The predicted octanol–water partition coefficient (Wildman–Crippen LogP) is 3.46. The molecule has 0 aliphatic carbocycles.